The molecule has 1 atom stereocenters. The molecule has 1 aliphatic heterocycles. The van der Waals surface area contributed by atoms with Crippen LogP contribution in [-0.4, -0.2) is 20.2 Å². The minimum Gasteiger partial charge on any atom is -0.496 e. The number of anilines is 1. The molecule has 0 aliphatic carbocycles. The van der Waals surface area contributed by atoms with Crippen molar-refractivity contribution in [1.29, 1.82) is 0 Å². The van der Waals surface area contributed by atoms with Crippen molar-refractivity contribution in [2.45, 2.75) is 12.5 Å². The maximum Gasteiger partial charge on any atom is 0.124 e. The maximum atomic E-state index is 6.07. The highest BCUT2D eigenvalue weighted by atomic mass is 16.5. The standard InChI is InChI=1S/C17H20N2O/c1-20-17-9-5-3-7-14(17)16(12-18)19-11-10-13-6-2-4-8-15(13)19/h2-9,16H,10-12,18H2,1H3. The van der Waals surface area contributed by atoms with Crippen molar-refractivity contribution >= 4 is 5.69 Å². The molecule has 0 spiro atoms. The minimum absolute atomic E-state index is 0.162. The van der Waals surface area contributed by atoms with Crippen molar-refractivity contribution in [2.75, 3.05) is 25.1 Å². The Labute approximate surface area is 120 Å². The number of hydrogen-bond acceptors (Lipinski definition) is 3. The second-order valence-corrected chi connectivity index (χ2v) is 5.07. The molecule has 0 saturated heterocycles. The van der Waals surface area contributed by atoms with Gasteiger partial charge in [0.25, 0.3) is 0 Å². The number of ether oxygens (including phenoxy) is 1. The third-order valence-corrected chi connectivity index (χ3v) is 4.02. The number of hydrogen-bond donors (Lipinski definition) is 1. The highest BCUT2D eigenvalue weighted by Crippen LogP contribution is 2.37. The van der Waals surface area contributed by atoms with Crippen LogP contribution in [0.25, 0.3) is 0 Å². The van der Waals surface area contributed by atoms with Crippen LogP contribution in [0.5, 0.6) is 5.75 Å². The molecule has 0 amide bonds. The van der Waals surface area contributed by atoms with Gasteiger partial charge in [-0.1, -0.05) is 36.4 Å². The fraction of sp³-hybridized carbons (Fsp3) is 0.294. The number of fused-ring (bicyclic) bond motifs is 1. The van der Waals surface area contributed by atoms with E-state index in [0.29, 0.717) is 6.54 Å². The van der Waals surface area contributed by atoms with Gasteiger partial charge < -0.3 is 15.4 Å². The average Bonchev–Trinajstić information content (AvgIpc) is 2.93. The quantitative estimate of drug-likeness (QED) is 0.926. The third-order valence-electron chi connectivity index (χ3n) is 4.02. The van der Waals surface area contributed by atoms with Gasteiger partial charge in [0, 0.05) is 24.3 Å². The molecular formula is C17H20N2O. The van der Waals surface area contributed by atoms with Crippen molar-refractivity contribution in [3.63, 3.8) is 0 Å². The van der Waals surface area contributed by atoms with Crippen LogP contribution < -0.4 is 15.4 Å². The van der Waals surface area contributed by atoms with Crippen molar-refractivity contribution in [3.05, 3.63) is 59.7 Å². The van der Waals surface area contributed by atoms with Gasteiger partial charge in [0.2, 0.25) is 0 Å². The van der Waals surface area contributed by atoms with Gasteiger partial charge in [-0.05, 0) is 24.1 Å². The van der Waals surface area contributed by atoms with Crippen LogP contribution in [0.15, 0.2) is 48.5 Å². The first-order valence-corrected chi connectivity index (χ1v) is 7.02. The summed E-state index contributed by atoms with van der Waals surface area (Å²) in [7, 11) is 1.71. The molecular weight excluding hydrogens is 248 g/mol. The Morgan fingerprint density at radius 1 is 1.15 bits per heavy atom. The van der Waals surface area contributed by atoms with Crippen LogP contribution in [0.4, 0.5) is 5.69 Å². The van der Waals surface area contributed by atoms with Gasteiger partial charge in [-0.3, -0.25) is 0 Å². The predicted octanol–water partition coefficient (Wildman–Crippen LogP) is 2.76. The van der Waals surface area contributed by atoms with Crippen LogP contribution in [0.3, 0.4) is 0 Å². The minimum atomic E-state index is 0.162. The van der Waals surface area contributed by atoms with Crippen molar-refractivity contribution in [1.82, 2.24) is 0 Å². The molecule has 3 nitrogen and oxygen atoms in total. The Kier molecular flexibility index (Phi) is 3.61. The molecule has 20 heavy (non-hydrogen) atoms. The Morgan fingerprint density at radius 3 is 2.70 bits per heavy atom. The lowest BCUT2D eigenvalue weighted by atomic mass is 10.0. The molecule has 1 unspecified atom stereocenters. The molecule has 104 valence electrons. The van der Waals surface area contributed by atoms with Gasteiger partial charge in [0.1, 0.15) is 5.75 Å². The summed E-state index contributed by atoms with van der Waals surface area (Å²) in [5.41, 5.74) is 9.93. The summed E-state index contributed by atoms with van der Waals surface area (Å²) in [5.74, 6) is 0.910. The van der Waals surface area contributed by atoms with E-state index in [4.69, 9.17) is 10.5 Å². The van der Waals surface area contributed by atoms with E-state index in [9.17, 15) is 0 Å². The number of nitrogens with zero attached hydrogens (tertiary/aromatic N) is 1. The third kappa shape index (κ3) is 2.14. The summed E-state index contributed by atoms with van der Waals surface area (Å²) in [5, 5.41) is 0. The lowest BCUT2D eigenvalue weighted by molar-refractivity contribution is 0.404. The second-order valence-electron chi connectivity index (χ2n) is 5.07. The normalized spacial score (nSPS) is 15.0. The smallest absolute Gasteiger partial charge is 0.124 e. The molecule has 2 aromatic carbocycles. The van der Waals surface area contributed by atoms with Gasteiger partial charge in [-0.2, -0.15) is 0 Å². The van der Waals surface area contributed by atoms with Crippen LogP contribution in [0, 0.1) is 0 Å². The van der Waals surface area contributed by atoms with E-state index >= 15 is 0 Å². The van der Waals surface area contributed by atoms with E-state index in [-0.39, 0.29) is 6.04 Å². The first-order chi connectivity index (χ1) is 9.85. The van der Waals surface area contributed by atoms with E-state index in [0.717, 1.165) is 24.3 Å². The Balaban J connectivity index is 1.99. The summed E-state index contributed by atoms with van der Waals surface area (Å²) in [4.78, 5) is 2.40. The summed E-state index contributed by atoms with van der Waals surface area (Å²) in [6.07, 6.45) is 1.09. The zero-order chi connectivity index (χ0) is 13.9. The topological polar surface area (TPSA) is 38.5 Å². The molecule has 0 saturated carbocycles. The molecule has 3 rings (SSSR count). The molecule has 1 aliphatic rings. The predicted molar refractivity (Wildman–Crippen MR) is 82.3 cm³/mol. The van der Waals surface area contributed by atoms with Crippen molar-refractivity contribution in [3.8, 4) is 5.75 Å². The van der Waals surface area contributed by atoms with Crippen LogP contribution in [0.2, 0.25) is 0 Å². The Bertz CT molecular complexity index is 597. The first kappa shape index (κ1) is 13.0. The van der Waals surface area contributed by atoms with Crippen LogP contribution in [-0.2, 0) is 6.42 Å². The molecule has 3 heteroatoms. The van der Waals surface area contributed by atoms with Crippen LogP contribution in [0.1, 0.15) is 17.2 Å². The van der Waals surface area contributed by atoms with Crippen LogP contribution >= 0.6 is 0 Å². The number of rotatable bonds is 4. The largest absolute Gasteiger partial charge is 0.496 e. The fourth-order valence-electron chi connectivity index (χ4n) is 3.05. The SMILES string of the molecule is COc1ccccc1C(CN)N1CCc2ccccc21. The van der Waals surface area contributed by atoms with E-state index in [1.807, 2.05) is 18.2 Å². The summed E-state index contributed by atoms with van der Waals surface area (Å²) >= 11 is 0. The number of nitrogens with two attached hydrogens (primary N) is 1. The van der Waals surface area contributed by atoms with E-state index in [1.165, 1.54) is 11.3 Å². The summed E-state index contributed by atoms with van der Waals surface area (Å²) in [6.45, 7) is 1.59. The molecule has 1 heterocycles. The zero-order valence-electron chi connectivity index (χ0n) is 11.8. The molecule has 0 radical (unpaired) electrons. The molecule has 0 fully saturated rings. The van der Waals surface area contributed by atoms with Gasteiger partial charge in [-0.25, -0.2) is 0 Å². The summed E-state index contributed by atoms with van der Waals surface area (Å²) in [6, 6.07) is 16.9. The lowest BCUT2D eigenvalue weighted by Gasteiger charge is -2.30. The average molecular weight is 268 g/mol. The second kappa shape index (κ2) is 5.55. The summed E-state index contributed by atoms with van der Waals surface area (Å²) < 4.78 is 5.49. The number of methoxy groups -OCH3 is 1. The molecule has 0 aromatic heterocycles. The van der Waals surface area contributed by atoms with E-state index < -0.39 is 0 Å². The number of para-hydroxylation sites is 2. The molecule has 0 bridgehead atoms. The maximum absolute atomic E-state index is 6.07. The zero-order valence-corrected chi connectivity index (χ0v) is 11.8. The van der Waals surface area contributed by atoms with Gasteiger partial charge in [0.15, 0.2) is 0 Å². The molecule has 2 aromatic rings. The lowest BCUT2D eigenvalue weighted by Crippen LogP contribution is -2.32. The van der Waals surface area contributed by atoms with Crippen molar-refractivity contribution in [2.24, 2.45) is 5.73 Å². The highest BCUT2D eigenvalue weighted by Gasteiger charge is 2.27. The Hall–Kier alpha value is -2.00. The fourth-order valence-corrected chi connectivity index (χ4v) is 3.05. The van der Waals surface area contributed by atoms with Gasteiger partial charge >= 0.3 is 0 Å². The van der Waals surface area contributed by atoms with Gasteiger partial charge in [-0.15, -0.1) is 0 Å². The Morgan fingerprint density at radius 2 is 1.90 bits per heavy atom. The highest BCUT2D eigenvalue weighted by molar-refractivity contribution is 5.60. The number of benzene rings is 2. The van der Waals surface area contributed by atoms with E-state index in [1.54, 1.807) is 7.11 Å². The van der Waals surface area contributed by atoms with Crippen molar-refractivity contribution < 1.29 is 4.74 Å². The monoisotopic (exact) mass is 268 g/mol. The first-order valence-electron chi connectivity index (χ1n) is 7.02. The van der Waals surface area contributed by atoms with E-state index in [2.05, 4.69) is 35.2 Å². The van der Waals surface area contributed by atoms with Gasteiger partial charge in [0.05, 0.1) is 13.2 Å². The molecule has 2 N–H and O–H groups in total.